The molecule has 0 spiro atoms. The van der Waals surface area contributed by atoms with E-state index in [1.807, 2.05) is 0 Å². The second-order valence-corrected chi connectivity index (χ2v) is 3.69. The van der Waals surface area contributed by atoms with Crippen molar-refractivity contribution in [3.63, 3.8) is 0 Å². The van der Waals surface area contributed by atoms with E-state index in [9.17, 15) is 0 Å². The number of nitrogens with zero attached hydrogens (tertiary/aromatic N) is 1. The third kappa shape index (κ3) is 6.62. The highest BCUT2D eigenvalue weighted by Gasteiger charge is 2.04. The highest BCUT2D eigenvalue weighted by atomic mass is 16.5. The molecule has 0 aromatic heterocycles. The zero-order valence-corrected chi connectivity index (χ0v) is 8.97. The standard InChI is InChI=1S/C10H23NO/c1-5-6-11(7-8-12-4)9-10(2)3/h10H,5-9H2,1-4H3. The van der Waals surface area contributed by atoms with Crippen LogP contribution in [-0.4, -0.2) is 38.3 Å². The van der Waals surface area contributed by atoms with Gasteiger partial charge in [-0.25, -0.2) is 0 Å². The highest BCUT2D eigenvalue weighted by molar-refractivity contribution is 4.58. The molecule has 0 rings (SSSR count). The first-order chi connectivity index (χ1) is 5.70. The lowest BCUT2D eigenvalue weighted by Gasteiger charge is -2.22. The molecule has 0 atom stereocenters. The smallest absolute Gasteiger partial charge is 0.0589 e. The van der Waals surface area contributed by atoms with Crippen molar-refractivity contribution >= 4 is 0 Å². The Bertz CT molecular complexity index is 93.8. The quantitative estimate of drug-likeness (QED) is 0.584. The zero-order chi connectivity index (χ0) is 9.40. The van der Waals surface area contributed by atoms with Gasteiger partial charge in [0, 0.05) is 20.2 Å². The average Bonchev–Trinajstić information content (AvgIpc) is 2.00. The van der Waals surface area contributed by atoms with Crippen molar-refractivity contribution in [3.05, 3.63) is 0 Å². The summed E-state index contributed by atoms with van der Waals surface area (Å²) in [7, 11) is 1.76. The second-order valence-electron chi connectivity index (χ2n) is 3.69. The van der Waals surface area contributed by atoms with Gasteiger partial charge in [-0.1, -0.05) is 20.8 Å². The number of rotatable bonds is 7. The molecule has 0 amide bonds. The van der Waals surface area contributed by atoms with Crippen molar-refractivity contribution in [3.8, 4) is 0 Å². The Hall–Kier alpha value is -0.0800. The molecular weight excluding hydrogens is 150 g/mol. The van der Waals surface area contributed by atoms with Crippen LogP contribution in [0.1, 0.15) is 27.2 Å². The fourth-order valence-electron chi connectivity index (χ4n) is 1.35. The van der Waals surface area contributed by atoms with Crippen molar-refractivity contribution in [2.45, 2.75) is 27.2 Å². The largest absolute Gasteiger partial charge is 0.383 e. The van der Waals surface area contributed by atoms with E-state index in [1.165, 1.54) is 19.5 Å². The lowest BCUT2D eigenvalue weighted by molar-refractivity contribution is 0.140. The van der Waals surface area contributed by atoms with Crippen LogP contribution < -0.4 is 0 Å². The minimum absolute atomic E-state index is 0.758. The first-order valence-corrected chi connectivity index (χ1v) is 4.92. The van der Waals surface area contributed by atoms with Crippen LogP contribution in [0.15, 0.2) is 0 Å². The van der Waals surface area contributed by atoms with Crippen LogP contribution in [0.5, 0.6) is 0 Å². The predicted octanol–water partition coefficient (Wildman–Crippen LogP) is 2.00. The predicted molar refractivity (Wildman–Crippen MR) is 53.4 cm³/mol. The Labute approximate surface area is 76.9 Å². The molecule has 2 heteroatoms. The monoisotopic (exact) mass is 173 g/mol. The van der Waals surface area contributed by atoms with E-state index < -0.39 is 0 Å². The maximum Gasteiger partial charge on any atom is 0.0589 e. The molecule has 74 valence electrons. The molecule has 2 nitrogen and oxygen atoms in total. The van der Waals surface area contributed by atoms with Crippen molar-refractivity contribution in [1.29, 1.82) is 0 Å². The van der Waals surface area contributed by atoms with Crippen LogP contribution in [0.25, 0.3) is 0 Å². The van der Waals surface area contributed by atoms with Gasteiger partial charge in [0.1, 0.15) is 0 Å². The SMILES string of the molecule is CCCN(CCOC)CC(C)C. The Kier molecular flexibility index (Phi) is 7.51. The lowest BCUT2D eigenvalue weighted by Crippen LogP contribution is -2.31. The van der Waals surface area contributed by atoms with Crippen LogP contribution in [0.3, 0.4) is 0 Å². The molecular formula is C10H23NO. The van der Waals surface area contributed by atoms with Crippen molar-refractivity contribution in [2.24, 2.45) is 5.92 Å². The molecule has 0 bridgehead atoms. The molecule has 0 saturated carbocycles. The Morgan fingerprint density at radius 2 is 1.92 bits per heavy atom. The fraction of sp³-hybridized carbons (Fsp3) is 1.00. The van der Waals surface area contributed by atoms with Gasteiger partial charge in [-0.15, -0.1) is 0 Å². The third-order valence-corrected chi connectivity index (χ3v) is 1.77. The van der Waals surface area contributed by atoms with E-state index in [-0.39, 0.29) is 0 Å². The van der Waals surface area contributed by atoms with Crippen LogP contribution in [0.4, 0.5) is 0 Å². The van der Waals surface area contributed by atoms with Gasteiger partial charge in [0.25, 0.3) is 0 Å². The molecule has 0 N–H and O–H groups in total. The number of ether oxygens (including phenoxy) is 1. The van der Waals surface area contributed by atoms with Gasteiger partial charge < -0.3 is 9.64 Å². The molecule has 0 heterocycles. The van der Waals surface area contributed by atoms with Gasteiger partial charge in [-0.3, -0.25) is 0 Å². The minimum atomic E-state index is 0.758. The van der Waals surface area contributed by atoms with Gasteiger partial charge in [-0.2, -0.15) is 0 Å². The Balaban J connectivity index is 3.54. The first kappa shape index (κ1) is 11.9. The van der Waals surface area contributed by atoms with E-state index in [4.69, 9.17) is 4.74 Å². The van der Waals surface area contributed by atoms with Gasteiger partial charge in [0.2, 0.25) is 0 Å². The van der Waals surface area contributed by atoms with E-state index >= 15 is 0 Å². The summed E-state index contributed by atoms with van der Waals surface area (Å²) in [5, 5.41) is 0. The van der Waals surface area contributed by atoms with E-state index in [0.717, 1.165) is 19.1 Å². The van der Waals surface area contributed by atoms with E-state index in [2.05, 4.69) is 25.7 Å². The molecule has 12 heavy (non-hydrogen) atoms. The molecule has 0 aliphatic rings. The topological polar surface area (TPSA) is 12.5 Å². The number of hydrogen-bond acceptors (Lipinski definition) is 2. The summed E-state index contributed by atoms with van der Waals surface area (Å²) in [6.07, 6.45) is 1.23. The Morgan fingerprint density at radius 3 is 2.33 bits per heavy atom. The highest BCUT2D eigenvalue weighted by Crippen LogP contribution is 1.99. The van der Waals surface area contributed by atoms with E-state index in [0.29, 0.717) is 0 Å². The van der Waals surface area contributed by atoms with E-state index in [1.54, 1.807) is 7.11 Å². The molecule has 0 unspecified atom stereocenters. The summed E-state index contributed by atoms with van der Waals surface area (Å²) in [6, 6.07) is 0. The van der Waals surface area contributed by atoms with Crippen molar-refractivity contribution < 1.29 is 4.74 Å². The van der Waals surface area contributed by atoms with Crippen LogP contribution >= 0.6 is 0 Å². The third-order valence-electron chi connectivity index (χ3n) is 1.77. The number of methoxy groups -OCH3 is 1. The summed E-state index contributed by atoms with van der Waals surface area (Å²) in [6.45, 7) is 11.1. The van der Waals surface area contributed by atoms with Gasteiger partial charge >= 0.3 is 0 Å². The van der Waals surface area contributed by atoms with Gasteiger partial charge in [-0.05, 0) is 18.9 Å². The van der Waals surface area contributed by atoms with Crippen LogP contribution in [0.2, 0.25) is 0 Å². The summed E-state index contributed by atoms with van der Waals surface area (Å²) < 4.78 is 5.06. The van der Waals surface area contributed by atoms with Gasteiger partial charge in [0.15, 0.2) is 0 Å². The summed E-state index contributed by atoms with van der Waals surface area (Å²) >= 11 is 0. The summed E-state index contributed by atoms with van der Waals surface area (Å²) in [5.74, 6) is 0.758. The molecule has 0 aromatic rings. The molecule has 0 saturated heterocycles. The maximum atomic E-state index is 5.06. The van der Waals surface area contributed by atoms with Crippen LogP contribution in [0, 0.1) is 5.92 Å². The van der Waals surface area contributed by atoms with Crippen LogP contribution in [-0.2, 0) is 4.74 Å². The van der Waals surface area contributed by atoms with Gasteiger partial charge in [0.05, 0.1) is 6.61 Å². The normalized spacial score (nSPS) is 11.5. The zero-order valence-electron chi connectivity index (χ0n) is 8.97. The summed E-state index contributed by atoms with van der Waals surface area (Å²) in [4.78, 5) is 2.47. The Morgan fingerprint density at radius 1 is 1.25 bits per heavy atom. The molecule has 0 aliphatic carbocycles. The maximum absolute atomic E-state index is 5.06. The molecule has 0 fully saturated rings. The second kappa shape index (κ2) is 7.56. The first-order valence-electron chi connectivity index (χ1n) is 4.92. The average molecular weight is 173 g/mol. The molecule has 0 radical (unpaired) electrons. The number of hydrogen-bond donors (Lipinski definition) is 0. The van der Waals surface area contributed by atoms with Crippen molar-refractivity contribution in [1.82, 2.24) is 4.90 Å². The van der Waals surface area contributed by atoms with Crippen molar-refractivity contribution in [2.75, 3.05) is 33.4 Å². The fourth-order valence-corrected chi connectivity index (χ4v) is 1.35. The lowest BCUT2D eigenvalue weighted by atomic mass is 10.2. The minimum Gasteiger partial charge on any atom is -0.383 e. The molecule has 0 aromatic carbocycles. The summed E-state index contributed by atoms with van der Waals surface area (Å²) in [5.41, 5.74) is 0. The molecule has 0 aliphatic heterocycles.